The molecule has 0 amide bonds. The van der Waals surface area contributed by atoms with E-state index in [0.717, 1.165) is 10.0 Å². The molecule has 0 radical (unpaired) electrons. The number of benzene rings is 1. The molecule has 78 valence electrons. The van der Waals surface area contributed by atoms with E-state index in [2.05, 4.69) is 31.4 Å². The van der Waals surface area contributed by atoms with Gasteiger partial charge >= 0.3 is 6.01 Å². The van der Waals surface area contributed by atoms with Gasteiger partial charge in [-0.15, -0.1) is 0 Å². The summed E-state index contributed by atoms with van der Waals surface area (Å²) in [5.41, 5.74) is 0.844. The first-order valence-corrected chi connectivity index (χ1v) is 5.34. The molecule has 0 atom stereocenters. The summed E-state index contributed by atoms with van der Waals surface area (Å²) in [4.78, 5) is 4.12. The predicted molar refractivity (Wildman–Crippen MR) is 62.0 cm³/mol. The highest BCUT2D eigenvalue weighted by molar-refractivity contribution is 9.10. The number of anilines is 1. The van der Waals surface area contributed by atoms with Crippen LogP contribution in [0.25, 0.3) is 11.4 Å². The van der Waals surface area contributed by atoms with E-state index in [-0.39, 0.29) is 0 Å². The van der Waals surface area contributed by atoms with Crippen molar-refractivity contribution in [2.24, 2.45) is 0 Å². The topological polar surface area (TPSA) is 51.0 Å². The number of aromatic nitrogens is 2. The zero-order chi connectivity index (χ0) is 10.8. The van der Waals surface area contributed by atoms with Crippen LogP contribution in [0.1, 0.15) is 0 Å². The largest absolute Gasteiger partial charge is 0.341 e. The van der Waals surface area contributed by atoms with E-state index in [1.165, 1.54) is 0 Å². The van der Waals surface area contributed by atoms with Crippen molar-refractivity contribution in [3.05, 3.63) is 27.7 Å². The molecule has 1 aromatic heterocycles. The van der Waals surface area contributed by atoms with E-state index >= 15 is 0 Å². The van der Waals surface area contributed by atoms with E-state index in [4.69, 9.17) is 16.1 Å². The molecule has 15 heavy (non-hydrogen) atoms. The molecule has 1 heterocycles. The fourth-order valence-electron chi connectivity index (χ4n) is 1.08. The van der Waals surface area contributed by atoms with Gasteiger partial charge < -0.3 is 9.84 Å². The molecule has 2 rings (SSSR count). The van der Waals surface area contributed by atoms with E-state index in [0.29, 0.717) is 16.9 Å². The summed E-state index contributed by atoms with van der Waals surface area (Å²) in [7, 11) is 1.72. The van der Waals surface area contributed by atoms with Crippen LogP contribution in [0.4, 0.5) is 6.01 Å². The van der Waals surface area contributed by atoms with E-state index in [9.17, 15) is 0 Å². The third-order valence-corrected chi connectivity index (χ3v) is 3.03. The molecule has 1 aromatic carbocycles. The molecule has 0 spiro atoms. The Kier molecular flexibility index (Phi) is 2.93. The van der Waals surface area contributed by atoms with Crippen LogP contribution in [0.5, 0.6) is 0 Å². The Hall–Kier alpha value is -1.07. The highest BCUT2D eigenvalue weighted by Crippen LogP contribution is 2.27. The zero-order valence-corrected chi connectivity index (χ0v) is 10.1. The molecular formula is C9H7BrClN3O. The fraction of sp³-hybridized carbons (Fsp3) is 0.111. The summed E-state index contributed by atoms with van der Waals surface area (Å²) >= 11 is 9.21. The first kappa shape index (κ1) is 10.4. The third kappa shape index (κ3) is 2.13. The maximum absolute atomic E-state index is 5.88. The maximum atomic E-state index is 5.88. The molecule has 0 bridgehead atoms. The van der Waals surface area contributed by atoms with Crippen LogP contribution in [0.3, 0.4) is 0 Å². The zero-order valence-electron chi connectivity index (χ0n) is 7.79. The Balaban J connectivity index is 2.40. The molecule has 1 N–H and O–H groups in total. The molecule has 4 nitrogen and oxygen atoms in total. The molecule has 0 saturated heterocycles. The van der Waals surface area contributed by atoms with Crippen molar-refractivity contribution >= 4 is 33.5 Å². The van der Waals surface area contributed by atoms with Gasteiger partial charge in [-0.3, -0.25) is 0 Å². The monoisotopic (exact) mass is 287 g/mol. The summed E-state index contributed by atoms with van der Waals surface area (Å²) in [6, 6.07) is 5.83. The molecule has 0 saturated carbocycles. The van der Waals surface area contributed by atoms with Crippen molar-refractivity contribution in [2.45, 2.75) is 0 Å². The maximum Gasteiger partial charge on any atom is 0.321 e. The molecule has 0 fully saturated rings. The SMILES string of the molecule is CNc1nc(-c2ccc(Cl)c(Br)c2)no1. The summed E-state index contributed by atoms with van der Waals surface area (Å²) < 4.78 is 5.72. The summed E-state index contributed by atoms with van der Waals surface area (Å²) in [6.07, 6.45) is 0. The second kappa shape index (κ2) is 4.20. The number of rotatable bonds is 2. The normalized spacial score (nSPS) is 10.3. The van der Waals surface area contributed by atoms with Gasteiger partial charge in [0.2, 0.25) is 5.82 Å². The molecule has 2 aromatic rings. The Morgan fingerprint density at radius 1 is 1.47 bits per heavy atom. The molecule has 0 aliphatic carbocycles. The van der Waals surface area contributed by atoms with E-state index in [1.807, 2.05) is 12.1 Å². The standard InChI is InChI=1S/C9H7BrClN3O/c1-12-9-13-8(14-15-9)5-2-3-7(11)6(10)4-5/h2-4H,1H3,(H,12,13,14). The van der Waals surface area contributed by atoms with Crippen molar-refractivity contribution in [1.29, 1.82) is 0 Å². The van der Waals surface area contributed by atoms with Gasteiger partial charge in [-0.2, -0.15) is 4.98 Å². The van der Waals surface area contributed by atoms with Crippen LogP contribution in [0.2, 0.25) is 5.02 Å². The number of nitrogens with one attached hydrogen (secondary N) is 1. The number of hydrogen-bond acceptors (Lipinski definition) is 4. The molecular weight excluding hydrogens is 281 g/mol. The van der Waals surface area contributed by atoms with Crippen molar-refractivity contribution in [3.8, 4) is 11.4 Å². The Morgan fingerprint density at radius 2 is 2.27 bits per heavy atom. The highest BCUT2D eigenvalue weighted by Gasteiger charge is 2.08. The lowest BCUT2D eigenvalue weighted by Gasteiger charge is -1.97. The second-order valence-corrected chi connectivity index (χ2v) is 4.06. The first-order chi connectivity index (χ1) is 7.20. The number of halogens is 2. The van der Waals surface area contributed by atoms with Crippen molar-refractivity contribution in [2.75, 3.05) is 12.4 Å². The van der Waals surface area contributed by atoms with Crippen molar-refractivity contribution < 1.29 is 4.52 Å². The van der Waals surface area contributed by atoms with Crippen LogP contribution >= 0.6 is 27.5 Å². The molecule has 0 unspecified atom stereocenters. The average Bonchev–Trinajstić information content (AvgIpc) is 2.70. The van der Waals surface area contributed by atoms with E-state index in [1.54, 1.807) is 13.1 Å². The Bertz CT molecular complexity index is 486. The minimum atomic E-state index is 0.385. The van der Waals surface area contributed by atoms with Gasteiger partial charge in [0.1, 0.15) is 0 Å². The molecule has 6 heteroatoms. The van der Waals surface area contributed by atoms with Gasteiger partial charge in [0, 0.05) is 17.1 Å². The predicted octanol–water partition coefficient (Wildman–Crippen LogP) is 3.19. The van der Waals surface area contributed by atoms with Gasteiger partial charge in [0.05, 0.1) is 5.02 Å². The first-order valence-electron chi connectivity index (χ1n) is 4.17. The van der Waals surface area contributed by atoms with Gasteiger partial charge in [-0.05, 0) is 34.1 Å². The van der Waals surface area contributed by atoms with Gasteiger partial charge in [0.25, 0.3) is 0 Å². The number of nitrogens with zero attached hydrogens (tertiary/aromatic N) is 2. The van der Waals surface area contributed by atoms with E-state index < -0.39 is 0 Å². The smallest absolute Gasteiger partial charge is 0.321 e. The van der Waals surface area contributed by atoms with Gasteiger partial charge in [0.15, 0.2) is 0 Å². The van der Waals surface area contributed by atoms with Crippen LogP contribution in [-0.4, -0.2) is 17.2 Å². The van der Waals surface area contributed by atoms with Crippen LogP contribution in [0, 0.1) is 0 Å². The van der Waals surface area contributed by atoms with Gasteiger partial charge in [-0.25, -0.2) is 0 Å². The van der Waals surface area contributed by atoms with Crippen LogP contribution < -0.4 is 5.32 Å². The lowest BCUT2D eigenvalue weighted by atomic mass is 10.2. The minimum Gasteiger partial charge on any atom is -0.341 e. The average molecular weight is 289 g/mol. The third-order valence-electron chi connectivity index (χ3n) is 1.82. The van der Waals surface area contributed by atoms with Crippen LogP contribution in [0.15, 0.2) is 27.2 Å². The van der Waals surface area contributed by atoms with Gasteiger partial charge in [-0.1, -0.05) is 16.8 Å². The van der Waals surface area contributed by atoms with Crippen LogP contribution in [-0.2, 0) is 0 Å². The minimum absolute atomic E-state index is 0.385. The highest BCUT2D eigenvalue weighted by atomic mass is 79.9. The summed E-state index contributed by atoms with van der Waals surface area (Å²) in [5.74, 6) is 0.525. The quantitative estimate of drug-likeness (QED) is 0.922. The van der Waals surface area contributed by atoms with Crippen molar-refractivity contribution in [1.82, 2.24) is 10.1 Å². The lowest BCUT2D eigenvalue weighted by Crippen LogP contribution is -1.87. The summed E-state index contributed by atoms with van der Waals surface area (Å²) in [5, 5.41) is 7.23. The summed E-state index contributed by atoms with van der Waals surface area (Å²) in [6.45, 7) is 0. The second-order valence-electron chi connectivity index (χ2n) is 2.80. The lowest BCUT2D eigenvalue weighted by molar-refractivity contribution is 0.434. The molecule has 0 aliphatic heterocycles. The Morgan fingerprint density at radius 3 is 2.87 bits per heavy atom. The number of hydrogen-bond donors (Lipinski definition) is 1. The fourth-order valence-corrected chi connectivity index (χ4v) is 1.57. The Labute approximate surface area is 99.8 Å². The van der Waals surface area contributed by atoms with Crippen molar-refractivity contribution in [3.63, 3.8) is 0 Å². The molecule has 0 aliphatic rings.